The first-order valence-electron chi connectivity index (χ1n) is 15.6. The highest BCUT2D eigenvalue weighted by Crippen LogP contribution is 2.34. The van der Waals surface area contributed by atoms with Gasteiger partial charge in [0.2, 0.25) is 0 Å². The molecule has 1 amide bonds. The van der Waals surface area contributed by atoms with Crippen molar-refractivity contribution in [3.05, 3.63) is 64.7 Å². The summed E-state index contributed by atoms with van der Waals surface area (Å²) in [5.41, 5.74) is 2.95. The fourth-order valence-corrected chi connectivity index (χ4v) is 5.78. The standard InChI is InChI=1S/C35H52N2O3S.BrH/c1-6-7-8-9-10-11-12-13-14-15-21-39-33-20-19-31(23-32(33)35(3,4)5)40-26-34(38)36-30-18-16-17-29(22-30)25-37-24-28(2)41-27-37;/h16-20,22-24H,6-15,21,25-27H2,1-5H3,(H,36,38);1H. The molecule has 0 aromatic heterocycles. The summed E-state index contributed by atoms with van der Waals surface area (Å²) < 4.78 is 12.1. The molecule has 0 saturated carbocycles. The summed E-state index contributed by atoms with van der Waals surface area (Å²) in [5.74, 6) is 2.38. The van der Waals surface area contributed by atoms with E-state index in [0.29, 0.717) is 5.75 Å². The Hall–Kier alpha value is -2.12. The van der Waals surface area contributed by atoms with Crippen molar-refractivity contribution in [2.75, 3.05) is 24.4 Å². The van der Waals surface area contributed by atoms with Crippen molar-refractivity contribution in [1.82, 2.24) is 4.90 Å². The maximum absolute atomic E-state index is 12.7. The Kier molecular flexibility index (Phi) is 16.5. The van der Waals surface area contributed by atoms with Crippen molar-refractivity contribution in [1.29, 1.82) is 0 Å². The average molecular weight is 662 g/mol. The zero-order valence-corrected chi connectivity index (χ0v) is 29.0. The Morgan fingerprint density at radius 3 is 2.26 bits per heavy atom. The van der Waals surface area contributed by atoms with Crippen LogP contribution in [-0.2, 0) is 16.8 Å². The van der Waals surface area contributed by atoms with Gasteiger partial charge >= 0.3 is 0 Å². The number of allylic oxidation sites excluding steroid dienone is 1. The molecule has 0 saturated heterocycles. The van der Waals surface area contributed by atoms with Crippen molar-refractivity contribution < 1.29 is 14.3 Å². The molecule has 3 rings (SSSR count). The van der Waals surface area contributed by atoms with Crippen molar-refractivity contribution in [2.24, 2.45) is 0 Å². The number of amides is 1. The number of ether oxygens (including phenoxy) is 2. The first-order valence-corrected chi connectivity index (χ1v) is 16.6. The molecule has 2 aromatic carbocycles. The topological polar surface area (TPSA) is 50.8 Å². The molecule has 1 N–H and O–H groups in total. The number of rotatable bonds is 18. The van der Waals surface area contributed by atoms with Gasteiger partial charge in [-0.1, -0.05) is 97.6 Å². The van der Waals surface area contributed by atoms with Crippen LogP contribution in [0.3, 0.4) is 0 Å². The smallest absolute Gasteiger partial charge is 0.262 e. The summed E-state index contributed by atoms with van der Waals surface area (Å²) in [6.45, 7) is 12.4. The summed E-state index contributed by atoms with van der Waals surface area (Å²) in [7, 11) is 0. The number of carbonyl (C=O) groups is 1. The number of nitrogens with one attached hydrogen (secondary N) is 1. The summed E-state index contributed by atoms with van der Waals surface area (Å²) >= 11 is 1.85. The molecule has 5 nitrogen and oxygen atoms in total. The van der Waals surface area contributed by atoms with Crippen molar-refractivity contribution >= 4 is 40.3 Å². The van der Waals surface area contributed by atoms with Gasteiger partial charge in [-0.15, -0.1) is 28.7 Å². The Balaban J connectivity index is 0.00000616. The Morgan fingerprint density at radius 1 is 0.929 bits per heavy atom. The Labute approximate surface area is 270 Å². The summed E-state index contributed by atoms with van der Waals surface area (Å²) in [4.78, 5) is 16.3. The Bertz CT molecular complexity index is 1120. The van der Waals surface area contributed by atoms with Gasteiger partial charge in [-0.05, 0) is 59.6 Å². The zero-order chi connectivity index (χ0) is 29.5. The molecule has 0 bridgehead atoms. The van der Waals surface area contributed by atoms with Gasteiger partial charge in [-0.3, -0.25) is 4.79 Å². The van der Waals surface area contributed by atoms with Crippen LogP contribution >= 0.6 is 28.7 Å². The lowest BCUT2D eigenvalue weighted by molar-refractivity contribution is -0.118. The van der Waals surface area contributed by atoms with Crippen LogP contribution in [-0.4, -0.2) is 29.9 Å². The van der Waals surface area contributed by atoms with Gasteiger partial charge < -0.3 is 19.7 Å². The van der Waals surface area contributed by atoms with Crippen LogP contribution in [0.25, 0.3) is 0 Å². The van der Waals surface area contributed by atoms with E-state index >= 15 is 0 Å². The number of nitrogens with zero attached hydrogens (tertiary/aromatic N) is 1. The number of unbranched alkanes of at least 4 members (excludes halogenated alkanes) is 9. The number of halogens is 1. The molecule has 0 unspecified atom stereocenters. The highest BCUT2D eigenvalue weighted by Gasteiger charge is 2.20. The molecule has 0 fully saturated rings. The van der Waals surface area contributed by atoms with E-state index in [4.69, 9.17) is 9.47 Å². The van der Waals surface area contributed by atoms with Crippen LogP contribution in [0.2, 0.25) is 0 Å². The molecule has 0 atom stereocenters. The van der Waals surface area contributed by atoms with Gasteiger partial charge in [0.05, 0.1) is 12.5 Å². The second-order valence-electron chi connectivity index (χ2n) is 12.2. The molecule has 0 spiro atoms. The molecule has 2 aromatic rings. The van der Waals surface area contributed by atoms with E-state index in [1.54, 1.807) is 0 Å². The zero-order valence-electron chi connectivity index (χ0n) is 26.5. The summed E-state index contributed by atoms with van der Waals surface area (Å²) in [6, 6.07) is 13.9. The van der Waals surface area contributed by atoms with Crippen LogP contribution in [0, 0.1) is 0 Å². The lowest BCUT2D eigenvalue weighted by atomic mass is 9.86. The SMILES string of the molecule is Br.CCCCCCCCCCCCOc1ccc(OCC(=O)Nc2cccc(CN3C=C(C)SC3)c2)cc1C(C)(C)C. The monoisotopic (exact) mass is 660 g/mol. The van der Waals surface area contributed by atoms with E-state index in [9.17, 15) is 4.79 Å². The number of anilines is 1. The highest BCUT2D eigenvalue weighted by atomic mass is 79.9. The van der Waals surface area contributed by atoms with Gasteiger partial charge in [0.15, 0.2) is 6.61 Å². The highest BCUT2D eigenvalue weighted by molar-refractivity contribution is 8.93. The third-order valence-electron chi connectivity index (χ3n) is 7.30. The normalized spacial score (nSPS) is 13.0. The molecule has 1 aliphatic heterocycles. The first-order chi connectivity index (χ1) is 19.7. The fourth-order valence-electron chi connectivity index (χ4n) is 5.02. The molecule has 7 heteroatoms. The minimum Gasteiger partial charge on any atom is -0.493 e. The van der Waals surface area contributed by atoms with Crippen LogP contribution in [0.5, 0.6) is 11.5 Å². The molecule has 0 radical (unpaired) electrons. The molecule has 42 heavy (non-hydrogen) atoms. The lowest BCUT2D eigenvalue weighted by Crippen LogP contribution is -2.21. The van der Waals surface area contributed by atoms with Gasteiger partial charge in [-0.2, -0.15) is 0 Å². The number of thioether (sulfide) groups is 1. The van der Waals surface area contributed by atoms with E-state index in [-0.39, 0.29) is 34.9 Å². The largest absolute Gasteiger partial charge is 0.493 e. The summed E-state index contributed by atoms with van der Waals surface area (Å²) in [5, 5.41) is 2.98. The minimum atomic E-state index is -0.173. The summed E-state index contributed by atoms with van der Waals surface area (Å²) in [6.07, 6.45) is 15.3. The average Bonchev–Trinajstić information content (AvgIpc) is 3.34. The van der Waals surface area contributed by atoms with Crippen LogP contribution in [0.15, 0.2) is 53.6 Å². The third kappa shape index (κ3) is 13.5. The molecule has 234 valence electrons. The first kappa shape index (κ1) is 36.1. The van der Waals surface area contributed by atoms with E-state index in [1.165, 1.54) is 68.3 Å². The molecular formula is C35H53BrN2O3S. The molecular weight excluding hydrogens is 608 g/mol. The van der Waals surface area contributed by atoms with Crippen molar-refractivity contribution in [3.8, 4) is 11.5 Å². The van der Waals surface area contributed by atoms with Gasteiger partial charge in [0.1, 0.15) is 11.5 Å². The quantitative estimate of drug-likeness (QED) is 0.161. The minimum absolute atomic E-state index is 0. The lowest BCUT2D eigenvalue weighted by Gasteiger charge is -2.24. The number of hydrogen-bond acceptors (Lipinski definition) is 5. The predicted octanol–water partition coefficient (Wildman–Crippen LogP) is 10.2. The number of hydrogen-bond donors (Lipinski definition) is 1. The van der Waals surface area contributed by atoms with Crippen LogP contribution < -0.4 is 14.8 Å². The van der Waals surface area contributed by atoms with E-state index in [1.807, 2.05) is 48.2 Å². The van der Waals surface area contributed by atoms with E-state index in [2.05, 4.69) is 57.1 Å². The van der Waals surface area contributed by atoms with Crippen molar-refractivity contribution in [3.63, 3.8) is 0 Å². The van der Waals surface area contributed by atoms with Crippen LogP contribution in [0.1, 0.15) is 110 Å². The fraction of sp³-hybridized carbons (Fsp3) is 0.571. The van der Waals surface area contributed by atoms with Crippen molar-refractivity contribution in [2.45, 2.75) is 111 Å². The van der Waals surface area contributed by atoms with Crippen LogP contribution in [0.4, 0.5) is 5.69 Å². The van der Waals surface area contributed by atoms with Gasteiger partial charge in [0.25, 0.3) is 5.91 Å². The third-order valence-corrected chi connectivity index (χ3v) is 8.32. The van der Waals surface area contributed by atoms with Gasteiger partial charge in [0, 0.05) is 24.0 Å². The number of benzene rings is 2. The predicted molar refractivity (Wildman–Crippen MR) is 185 cm³/mol. The molecule has 1 aliphatic rings. The maximum Gasteiger partial charge on any atom is 0.262 e. The van der Waals surface area contributed by atoms with E-state index < -0.39 is 0 Å². The maximum atomic E-state index is 12.7. The second kappa shape index (κ2) is 19.2. The Morgan fingerprint density at radius 2 is 1.62 bits per heavy atom. The number of carbonyl (C=O) groups excluding carboxylic acids is 1. The molecule has 1 heterocycles. The molecule has 0 aliphatic carbocycles. The second-order valence-corrected chi connectivity index (χ2v) is 13.4. The van der Waals surface area contributed by atoms with Gasteiger partial charge in [-0.25, -0.2) is 0 Å². The van der Waals surface area contributed by atoms with E-state index in [0.717, 1.165) is 42.4 Å².